The van der Waals surface area contributed by atoms with E-state index in [0.717, 1.165) is 0 Å². The Kier molecular flexibility index (Phi) is 6.77. The van der Waals surface area contributed by atoms with Crippen molar-refractivity contribution in [3.63, 3.8) is 0 Å². The zero-order valence-electron chi connectivity index (χ0n) is 13.3. The largest absolute Gasteiger partial charge is 0.504 e. The quantitative estimate of drug-likeness (QED) is 0.699. The number of nitrogens with one attached hydrogen (secondary N) is 2. The summed E-state index contributed by atoms with van der Waals surface area (Å²) in [6.07, 6.45) is -0.457. The van der Waals surface area contributed by atoms with E-state index >= 15 is 0 Å². The van der Waals surface area contributed by atoms with E-state index in [1.165, 1.54) is 7.11 Å². The van der Waals surface area contributed by atoms with E-state index in [2.05, 4.69) is 10.6 Å². The summed E-state index contributed by atoms with van der Waals surface area (Å²) in [7, 11) is 1.47. The number of hydrogen-bond acceptors (Lipinski definition) is 5. The number of phenolic OH excluding ortho intramolecular Hbond substituents is 1. The van der Waals surface area contributed by atoms with Crippen molar-refractivity contribution in [3.05, 3.63) is 22.7 Å². The molecule has 0 heterocycles. The summed E-state index contributed by atoms with van der Waals surface area (Å²) in [4.78, 5) is 11.4. The molecular weight excluding hydrogens is 308 g/mol. The van der Waals surface area contributed by atoms with Crippen LogP contribution in [0.5, 0.6) is 11.5 Å². The molecule has 0 spiro atoms. The second kappa shape index (κ2) is 8.10. The SMILES string of the molecule is COc1cc(Cl)cc(CNCCNC(=O)OC(C)(C)C)c1O. The Morgan fingerprint density at radius 3 is 2.59 bits per heavy atom. The number of alkyl carbamates (subject to hydrolysis) is 1. The molecule has 0 saturated heterocycles. The fraction of sp³-hybridized carbons (Fsp3) is 0.533. The lowest BCUT2D eigenvalue weighted by Crippen LogP contribution is -2.36. The second-order valence-electron chi connectivity index (χ2n) is 5.72. The van der Waals surface area contributed by atoms with Gasteiger partial charge >= 0.3 is 6.09 Å². The zero-order valence-corrected chi connectivity index (χ0v) is 14.1. The molecule has 0 aromatic heterocycles. The Bertz CT molecular complexity index is 515. The van der Waals surface area contributed by atoms with Gasteiger partial charge in [-0.1, -0.05) is 11.6 Å². The molecule has 0 radical (unpaired) electrons. The van der Waals surface area contributed by atoms with Crippen LogP contribution < -0.4 is 15.4 Å². The standard InChI is InChI=1S/C15H23ClN2O4/c1-15(2,3)22-14(20)18-6-5-17-9-10-7-11(16)8-12(21-4)13(10)19/h7-8,17,19H,5-6,9H2,1-4H3,(H,18,20). The Morgan fingerprint density at radius 2 is 2.00 bits per heavy atom. The van der Waals surface area contributed by atoms with Gasteiger partial charge < -0.3 is 25.2 Å². The van der Waals surface area contributed by atoms with E-state index < -0.39 is 11.7 Å². The highest BCUT2D eigenvalue weighted by Gasteiger charge is 2.15. The molecule has 3 N–H and O–H groups in total. The molecule has 0 aliphatic heterocycles. The minimum absolute atomic E-state index is 0.0551. The highest BCUT2D eigenvalue weighted by Crippen LogP contribution is 2.33. The van der Waals surface area contributed by atoms with Crippen LogP contribution in [0.25, 0.3) is 0 Å². The fourth-order valence-corrected chi connectivity index (χ4v) is 1.94. The van der Waals surface area contributed by atoms with Crippen LogP contribution in [0, 0.1) is 0 Å². The van der Waals surface area contributed by atoms with Crippen LogP contribution in [-0.2, 0) is 11.3 Å². The van der Waals surface area contributed by atoms with Crippen molar-refractivity contribution in [1.29, 1.82) is 0 Å². The van der Waals surface area contributed by atoms with E-state index in [0.29, 0.717) is 36.0 Å². The first-order chi connectivity index (χ1) is 10.2. The van der Waals surface area contributed by atoms with Crippen LogP contribution in [0.1, 0.15) is 26.3 Å². The maximum atomic E-state index is 11.4. The van der Waals surface area contributed by atoms with Crippen LogP contribution >= 0.6 is 11.6 Å². The summed E-state index contributed by atoms with van der Waals surface area (Å²) in [5.74, 6) is 0.385. The van der Waals surface area contributed by atoms with Gasteiger partial charge in [0.25, 0.3) is 0 Å². The summed E-state index contributed by atoms with van der Waals surface area (Å²) in [6, 6.07) is 3.21. The van der Waals surface area contributed by atoms with Crippen LogP contribution in [-0.4, -0.2) is 37.0 Å². The molecule has 1 amide bonds. The van der Waals surface area contributed by atoms with Crippen LogP contribution in [0.15, 0.2) is 12.1 Å². The molecule has 1 aromatic carbocycles. The van der Waals surface area contributed by atoms with E-state index in [1.54, 1.807) is 32.9 Å². The van der Waals surface area contributed by atoms with Crippen LogP contribution in [0.4, 0.5) is 4.79 Å². The van der Waals surface area contributed by atoms with Crippen molar-refractivity contribution in [2.45, 2.75) is 32.9 Å². The number of benzene rings is 1. The van der Waals surface area contributed by atoms with Crippen molar-refractivity contribution in [3.8, 4) is 11.5 Å². The van der Waals surface area contributed by atoms with Gasteiger partial charge in [0.15, 0.2) is 11.5 Å². The van der Waals surface area contributed by atoms with E-state index in [9.17, 15) is 9.90 Å². The first-order valence-corrected chi connectivity index (χ1v) is 7.33. The Labute approximate surface area is 135 Å². The molecule has 0 aliphatic rings. The van der Waals surface area contributed by atoms with Gasteiger partial charge in [0.2, 0.25) is 0 Å². The summed E-state index contributed by atoms with van der Waals surface area (Å²) in [5, 5.41) is 16.2. The molecule has 0 unspecified atom stereocenters. The first kappa shape index (κ1) is 18.4. The number of halogens is 1. The third-order valence-corrected chi connectivity index (χ3v) is 2.84. The van der Waals surface area contributed by atoms with Gasteiger partial charge in [-0.25, -0.2) is 4.79 Å². The summed E-state index contributed by atoms with van der Waals surface area (Å²) in [6.45, 7) is 6.75. The van der Waals surface area contributed by atoms with Crippen molar-refractivity contribution >= 4 is 17.7 Å². The van der Waals surface area contributed by atoms with Gasteiger partial charge in [0.1, 0.15) is 5.60 Å². The average molecular weight is 331 g/mol. The van der Waals surface area contributed by atoms with Gasteiger partial charge in [0.05, 0.1) is 7.11 Å². The summed E-state index contributed by atoms with van der Waals surface area (Å²) in [5.41, 5.74) is 0.113. The number of ether oxygens (including phenoxy) is 2. The van der Waals surface area contributed by atoms with Gasteiger partial charge in [-0.05, 0) is 26.8 Å². The minimum Gasteiger partial charge on any atom is -0.504 e. The molecule has 0 saturated carbocycles. The number of phenols is 1. The molecule has 0 atom stereocenters. The Morgan fingerprint density at radius 1 is 1.32 bits per heavy atom. The molecule has 0 bridgehead atoms. The van der Waals surface area contributed by atoms with Crippen molar-refractivity contribution in [2.24, 2.45) is 0 Å². The highest BCUT2D eigenvalue weighted by molar-refractivity contribution is 6.30. The van der Waals surface area contributed by atoms with Crippen LogP contribution in [0.3, 0.4) is 0 Å². The molecular formula is C15H23ClN2O4. The molecule has 22 heavy (non-hydrogen) atoms. The topological polar surface area (TPSA) is 79.8 Å². The lowest BCUT2D eigenvalue weighted by molar-refractivity contribution is 0.0528. The number of hydrogen-bond donors (Lipinski definition) is 3. The number of aromatic hydroxyl groups is 1. The zero-order chi connectivity index (χ0) is 16.8. The molecule has 0 aliphatic carbocycles. The Hall–Kier alpha value is -1.66. The first-order valence-electron chi connectivity index (χ1n) is 6.96. The lowest BCUT2D eigenvalue weighted by Gasteiger charge is -2.19. The summed E-state index contributed by atoms with van der Waals surface area (Å²) < 4.78 is 10.2. The monoisotopic (exact) mass is 330 g/mol. The van der Waals surface area contributed by atoms with Crippen molar-refractivity contribution < 1.29 is 19.4 Å². The third-order valence-electron chi connectivity index (χ3n) is 2.62. The second-order valence-corrected chi connectivity index (χ2v) is 6.16. The molecule has 1 aromatic rings. The number of carbonyl (C=O) groups is 1. The fourth-order valence-electron chi connectivity index (χ4n) is 1.71. The van der Waals surface area contributed by atoms with Gasteiger partial charge in [-0.15, -0.1) is 0 Å². The average Bonchev–Trinajstić information content (AvgIpc) is 2.39. The predicted molar refractivity (Wildman–Crippen MR) is 85.6 cm³/mol. The summed E-state index contributed by atoms with van der Waals surface area (Å²) >= 11 is 5.95. The van der Waals surface area contributed by atoms with Gasteiger partial charge in [0, 0.05) is 36.3 Å². The third kappa shape index (κ3) is 6.41. The number of methoxy groups -OCH3 is 1. The smallest absolute Gasteiger partial charge is 0.407 e. The molecule has 7 heteroatoms. The number of carbonyl (C=O) groups excluding carboxylic acids is 1. The number of rotatable bonds is 6. The molecule has 124 valence electrons. The molecule has 6 nitrogen and oxygen atoms in total. The van der Waals surface area contributed by atoms with E-state index in [1.807, 2.05) is 0 Å². The maximum Gasteiger partial charge on any atom is 0.407 e. The van der Waals surface area contributed by atoms with Crippen molar-refractivity contribution in [1.82, 2.24) is 10.6 Å². The van der Waals surface area contributed by atoms with Gasteiger partial charge in [-0.2, -0.15) is 0 Å². The van der Waals surface area contributed by atoms with E-state index in [-0.39, 0.29) is 5.75 Å². The minimum atomic E-state index is -0.513. The van der Waals surface area contributed by atoms with Crippen molar-refractivity contribution in [2.75, 3.05) is 20.2 Å². The number of amides is 1. The van der Waals surface area contributed by atoms with E-state index in [4.69, 9.17) is 21.1 Å². The van der Waals surface area contributed by atoms with Crippen LogP contribution in [0.2, 0.25) is 5.02 Å². The molecule has 0 fully saturated rings. The van der Waals surface area contributed by atoms with Gasteiger partial charge in [-0.3, -0.25) is 0 Å². The molecule has 1 rings (SSSR count). The predicted octanol–water partition coefficient (Wildman–Crippen LogP) is 2.67. The maximum absolute atomic E-state index is 11.4. The normalized spacial score (nSPS) is 11.1. The Balaban J connectivity index is 2.37. The lowest BCUT2D eigenvalue weighted by atomic mass is 10.2. The highest BCUT2D eigenvalue weighted by atomic mass is 35.5.